The monoisotopic (exact) mass is 327 g/mol. The van der Waals surface area contributed by atoms with Crippen molar-refractivity contribution in [1.82, 2.24) is 4.90 Å². The molecule has 0 amide bonds. The largest absolute Gasteiger partial charge is 0.327 e. The molecule has 2 N–H and O–H groups in total. The number of hydrogen-bond acceptors (Lipinski definition) is 5. The number of nitrogens with zero attached hydrogens (tertiary/aromatic N) is 2. The van der Waals surface area contributed by atoms with Gasteiger partial charge in [0.2, 0.25) is 0 Å². The topological polar surface area (TPSA) is 70.1 Å². The second-order valence-corrected chi connectivity index (χ2v) is 7.41. The molecule has 3 rings (SSSR count). The number of rotatable bonds is 3. The highest BCUT2D eigenvalue weighted by atomic mass is 32.2. The van der Waals surface area contributed by atoms with E-state index in [9.17, 15) is 10.1 Å². The highest BCUT2D eigenvalue weighted by Crippen LogP contribution is 2.40. The van der Waals surface area contributed by atoms with Gasteiger partial charge < -0.3 is 5.73 Å². The first kappa shape index (κ1) is 16.3. The van der Waals surface area contributed by atoms with Crippen molar-refractivity contribution in [2.24, 2.45) is 11.7 Å². The van der Waals surface area contributed by atoms with Gasteiger partial charge in [-0.15, -0.1) is 11.8 Å². The SMILES string of the molecule is N#Cc1ccccc1CC1C(=C=O)CS[C@H]1N1CCCC(N)C1. The molecule has 4 nitrogen and oxygen atoms in total. The highest BCUT2D eigenvalue weighted by Gasteiger charge is 2.38. The van der Waals surface area contributed by atoms with E-state index in [1.165, 1.54) is 0 Å². The van der Waals surface area contributed by atoms with Gasteiger partial charge in [-0.2, -0.15) is 5.26 Å². The van der Waals surface area contributed by atoms with Gasteiger partial charge in [-0.1, -0.05) is 18.2 Å². The minimum Gasteiger partial charge on any atom is -0.327 e. The Hall–Kier alpha value is -1.57. The van der Waals surface area contributed by atoms with Crippen molar-refractivity contribution < 1.29 is 4.79 Å². The third-order valence-electron chi connectivity index (χ3n) is 4.76. The number of nitriles is 1. The van der Waals surface area contributed by atoms with Crippen LogP contribution in [0.25, 0.3) is 0 Å². The van der Waals surface area contributed by atoms with Crippen LogP contribution < -0.4 is 5.73 Å². The van der Waals surface area contributed by atoms with Crippen molar-refractivity contribution >= 4 is 17.7 Å². The standard InChI is InChI=1S/C18H21N3OS/c19-9-14-5-2-1-4-13(14)8-17-15(11-22)12-23-18(17)21-7-3-6-16(20)10-21/h1-2,4-5,16-18H,3,6-8,10,12,20H2/t16?,17?,18-/m1/s1. The first-order valence-corrected chi connectivity index (χ1v) is 9.11. The maximum atomic E-state index is 11.4. The molecule has 1 aromatic carbocycles. The molecule has 2 aliphatic rings. The van der Waals surface area contributed by atoms with Crippen molar-refractivity contribution in [2.75, 3.05) is 18.8 Å². The van der Waals surface area contributed by atoms with Crippen LogP contribution in [-0.4, -0.2) is 41.1 Å². The summed E-state index contributed by atoms with van der Waals surface area (Å²) in [5.74, 6) is 3.01. The Labute approximate surface area is 141 Å². The summed E-state index contributed by atoms with van der Waals surface area (Å²) in [7, 11) is 0. The minimum atomic E-state index is 0.122. The van der Waals surface area contributed by atoms with Crippen molar-refractivity contribution in [3.63, 3.8) is 0 Å². The Kier molecular flexibility index (Phi) is 5.20. The number of benzene rings is 1. The van der Waals surface area contributed by atoms with Gasteiger partial charge in [0.05, 0.1) is 17.0 Å². The molecule has 23 heavy (non-hydrogen) atoms. The summed E-state index contributed by atoms with van der Waals surface area (Å²) in [6.07, 6.45) is 2.91. The summed E-state index contributed by atoms with van der Waals surface area (Å²) in [4.78, 5) is 13.8. The van der Waals surface area contributed by atoms with Crippen LogP contribution in [-0.2, 0) is 11.2 Å². The molecule has 2 saturated heterocycles. The molecule has 0 aliphatic carbocycles. The molecular formula is C18H21N3OS. The molecule has 120 valence electrons. The quantitative estimate of drug-likeness (QED) is 0.860. The van der Waals surface area contributed by atoms with Crippen molar-refractivity contribution in [1.29, 1.82) is 5.26 Å². The van der Waals surface area contributed by atoms with E-state index >= 15 is 0 Å². The average molecular weight is 327 g/mol. The van der Waals surface area contributed by atoms with E-state index in [1.807, 2.05) is 36.0 Å². The van der Waals surface area contributed by atoms with Gasteiger partial charge in [0.25, 0.3) is 0 Å². The zero-order valence-electron chi connectivity index (χ0n) is 13.1. The Bertz CT molecular complexity index is 662. The molecule has 2 aliphatic heterocycles. The van der Waals surface area contributed by atoms with E-state index in [4.69, 9.17) is 5.73 Å². The summed E-state index contributed by atoms with van der Waals surface area (Å²) < 4.78 is 0. The Balaban J connectivity index is 1.84. The van der Waals surface area contributed by atoms with Crippen LogP contribution in [0.2, 0.25) is 0 Å². The predicted octanol–water partition coefficient (Wildman–Crippen LogP) is 1.97. The lowest BCUT2D eigenvalue weighted by Gasteiger charge is -2.37. The van der Waals surface area contributed by atoms with Crippen molar-refractivity contribution in [3.8, 4) is 6.07 Å². The van der Waals surface area contributed by atoms with Crippen molar-refractivity contribution in [3.05, 3.63) is 41.0 Å². The van der Waals surface area contributed by atoms with E-state index in [1.54, 1.807) is 0 Å². The Morgan fingerprint density at radius 1 is 1.39 bits per heavy atom. The third-order valence-corrected chi connectivity index (χ3v) is 6.21. The van der Waals surface area contributed by atoms with Crippen LogP contribution >= 0.6 is 11.8 Å². The van der Waals surface area contributed by atoms with Gasteiger partial charge in [0.1, 0.15) is 5.94 Å². The Morgan fingerprint density at radius 3 is 2.96 bits per heavy atom. The summed E-state index contributed by atoms with van der Waals surface area (Å²) >= 11 is 1.81. The van der Waals surface area contributed by atoms with Crippen LogP contribution in [0.1, 0.15) is 24.0 Å². The van der Waals surface area contributed by atoms with Gasteiger partial charge in [-0.25, -0.2) is 4.79 Å². The van der Waals surface area contributed by atoms with Crippen LogP contribution in [0.4, 0.5) is 0 Å². The average Bonchev–Trinajstić information content (AvgIpc) is 2.98. The van der Waals surface area contributed by atoms with E-state index in [2.05, 4.69) is 16.9 Å². The smallest absolute Gasteiger partial charge is 0.124 e. The lowest BCUT2D eigenvalue weighted by Crippen LogP contribution is -2.48. The number of carbonyl (C=O) groups excluding carboxylic acids is 1. The number of hydrogen-bond donors (Lipinski definition) is 1. The summed E-state index contributed by atoms with van der Waals surface area (Å²) in [5, 5.41) is 9.57. The second kappa shape index (κ2) is 7.33. The fraction of sp³-hybridized carbons (Fsp3) is 0.500. The van der Waals surface area contributed by atoms with E-state index in [0.29, 0.717) is 5.56 Å². The van der Waals surface area contributed by atoms with Gasteiger partial charge in [-0.3, -0.25) is 4.90 Å². The molecule has 0 aromatic heterocycles. The molecule has 0 bridgehead atoms. The van der Waals surface area contributed by atoms with Gasteiger partial charge in [0.15, 0.2) is 0 Å². The lowest BCUT2D eigenvalue weighted by molar-refractivity contribution is 0.172. The van der Waals surface area contributed by atoms with Crippen LogP contribution in [0.3, 0.4) is 0 Å². The molecule has 3 atom stereocenters. The summed E-state index contributed by atoms with van der Waals surface area (Å²) in [5.41, 5.74) is 8.68. The van der Waals surface area contributed by atoms with Crippen molar-refractivity contribution in [2.45, 2.75) is 30.7 Å². The van der Waals surface area contributed by atoms with E-state index < -0.39 is 0 Å². The fourth-order valence-electron chi connectivity index (χ4n) is 3.58. The maximum Gasteiger partial charge on any atom is 0.124 e. The molecule has 2 unspecified atom stereocenters. The Morgan fingerprint density at radius 2 is 2.22 bits per heavy atom. The van der Waals surface area contributed by atoms with Crippen LogP contribution in [0.15, 0.2) is 29.8 Å². The van der Waals surface area contributed by atoms with Gasteiger partial charge >= 0.3 is 0 Å². The molecule has 5 heteroatoms. The molecule has 1 aromatic rings. The molecule has 0 spiro atoms. The van der Waals surface area contributed by atoms with Gasteiger partial charge in [0, 0.05) is 29.8 Å². The van der Waals surface area contributed by atoms with Crippen LogP contribution in [0.5, 0.6) is 0 Å². The number of nitrogens with two attached hydrogens (primary N) is 1. The zero-order chi connectivity index (χ0) is 16.2. The first-order chi connectivity index (χ1) is 11.2. The first-order valence-electron chi connectivity index (χ1n) is 8.06. The third kappa shape index (κ3) is 3.52. The number of likely N-dealkylation sites (tertiary alicyclic amines) is 1. The van der Waals surface area contributed by atoms with E-state index in [-0.39, 0.29) is 17.3 Å². The summed E-state index contributed by atoms with van der Waals surface area (Å²) in [6, 6.07) is 10.1. The van der Waals surface area contributed by atoms with Gasteiger partial charge in [-0.05, 0) is 37.4 Å². The molecule has 2 fully saturated rings. The number of piperidine rings is 1. The molecule has 0 saturated carbocycles. The van der Waals surface area contributed by atoms with E-state index in [0.717, 1.165) is 49.2 Å². The maximum absolute atomic E-state index is 11.4. The predicted molar refractivity (Wildman–Crippen MR) is 92.6 cm³/mol. The molecule has 2 heterocycles. The number of thioether (sulfide) groups is 1. The zero-order valence-corrected chi connectivity index (χ0v) is 13.9. The fourth-order valence-corrected chi connectivity index (χ4v) is 5.09. The molecular weight excluding hydrogens is 306 g/mol. The molecule has 0 radical (unpaired) electrons. The second-order valence-electron chi connectivity index (χ2n) is 6.31. The normalized spacial score (nSPS) is 28.3. The van der Waals surface area contributed by atoms with Crippen LogP contribution in [0, 0.1) is 17.2 Å². The lowest BCUT2D eigenvalue weighted by atomic mass is 9.90. The highest BCUT2D eigenvalue weighted by molar-refractivity contribution is 8.00. The summed E-state index contributed by atoms with van der Waals surface area (Å²) in [6.45, 7) is 1.92. The minimum absolute atomic E-state index is 0.122.